The monoisotopic (exact) mass is 278 g/mol. The lowest BCUT2D eigenvalue weighted by molar-refractivity contribution is -0.128. The summed E-state index contributed by atoms with van der Waals surface area (Å²) in [7, 11) is 0. The van der Waals surface area contributed by atoms with Gasteiger partial charge in [0, 0.05) is 13.0 Å². The molecule has 0 saturated carbocycles. The third-order valence-corrected chi connectivity index (χ3v) is 3.41. The van der Waals surface area contributed by atoms with Gasteiger partial charge in [0.2, 0.25) is 5.91 Å². The summed E-state index contributed by atoms with van der Waals surface area (Å²) in [6, 6.07) is 7.70. The van der Waals surface area contributed by atoms with Crippen molar-refractivity contribution in [1.82, 2.24) is 4.90 Å². The zero-order valence-electron chi connectivity index (χ0n) is 10.7. The SMILES string of the molecule is Cc1ccc(Cl)c(OCCN2CC(C#N)CC2=O)c1. The van der Waals surface area contributed by atoms with Crippen LogP contribution in [0.25, 0.3) is 0 Å². The third-order valence-electron chi connectivity index (χ3n) is 3.10. The Balaban J connectivity index is 1.86. The van der Waals surface area contributed by atoms with E-state index < -0.39 is 0 Å². The number of aryl methyl sites for hydroxylation is 1. The Kier molecular flexibility index (Phi) is 4.28. The number of nitriles is 1. The van der Waals surface area contributed by atoms with Crippen LogP contribution in [0, 0.1) is 24.2 Å². The molecule has 1 aliphatic heterocycles. The molecule has 0 spiro atoms. The molecule has 19 heavy (non-hydrogen) atoms. The van der Waals surface area contributed by atoms with Gasteiger partial charge >= 0.3 is 0 Å². The number of ether oxygens (including phenoxy) is 1. The predicted octanol–water partition coefficient (Wildman–Crippen LogP) is 2.40. The van der Waals surface area contributed by atoms with Crippen LogP contribution in [-0.2, 0) is 4.79 Å². The van der Waals surface area contributed by atoms with E-state index in [1.54, 1.807) is 11.0 Å². The van der Waals surface area contributed by atoms with E-state index in [9.17, 15) is 4.79 Å². The number of likely N-dealkylation sites (tertiary alicyclic amines) is 1. The molecule has 1 atom stereocenters. The van der Waals surface area contributed by atoms with Gasteiger partial charge < -0.3 is 9.64 Å². The van der Waals surface area contributed by atoms with E-state index in [1.165, 1.54) is 0 Å². The van der Waals surface area contributed by atoms with Crippen molar-refractivity contribution in [3.05, 3.63) is 28.8 Å². The average molecular weight is 279 g/mol. The highest BCUT2D eigenvalue weighted by Gasteiger charge is 2.28. The van der Waals surface area contributed by atoms with Crippen molar-refractivity contribution in [1.29, 1.82) is 5.26 Å². The van der Waals surface area contributed by atoms with E-state index in [4.69, 9.17) is 21.6 Å². The maximum absolute atomic E-state index is 11.6. The van der Waals surface area contributed by atoms with Gasteiger partial charge in [0.05, 0.1) is 23.6 Å². The second kappa shape index (κ2) is 5.94. The number of hydrogen-bond donors (Lipinski definition) is 0. The quantitative estimate of drug-likeness (QED) is 0.850. The number of amides is 1. The van der Waals surface area contributed by atoms with Crippen molar-refractivity contribution in [2.24, 2.45) is 5.92 Å². The molecule has 1 aromatic rings. The summed E-state index contributed by atoms with van der Waals surface area (Å²) in [5.41, 5.74) is 1.07. The number of carbonyl (C=O) groups excluding carboxylic acids is 1. The molecule has 5 heteroatoms. The summed E-state index contributed by atoms with van der Waals surface area (Å²) < 4.78 is 5.59. The fourth-order valence-electron chi connectivity index (χ4n) is 2.06. The molecule has 100 valence electrons. The van der Waals surface area contributed by atoms with Crippen LogP contribution in [0.3, 0.4) is 0 Å². The van der Waals surface area contributed by atoms with Crippen LogP contribution >= 0.6 is 11.6 Å². The zero-order valence-corrected chi connectivity index (χ0v) is 11.5. The fraction of sp³-hybridized carbons (Fsp3) is 0.429. The Bertz CT molecular complexity index is 525. The molecule has 0 N–H and O–H groups in total. The molecular weight excluding hydrogens is 264 g/mol. The molecule has 1 aromatic carbocycles. The summed E-state index contributed by atoms with van der Waals surface area (Å²) in [6.45, 7) is 3.33. The first-order valence-electron chi connectivity index (χ1n) is 6.16. The summed E-state index contributed by atoms with van der Waals surface area (Å²) in [4.78, 5) is 13.3. The van der Waals surface area contributed by atoms with Crippen molar-refractivity contribution in [2.45, 2.75) is 13.3 Å². The lowest BCUT2D eigenvalue weighted by Gasteiger charge is -2.16. The number of nitrogens with zero attached hydrogens (tertiary/aromatic N) is 2. The molecule has 1 amide bonds. The van der Waals surface area contributed by atoms with Gasteiger partial charge in [0.1, 0.15) is 12.4 Å². The second-order valence-electron chi connectivity index (χ2n) is 4.65. The van der Waals surface area contributed by atoms with Crippen LogP contribution in [0.2, 0.25) is 5.02 Å². The Morgan fingerprint density at radius 1 is 1.58 bits per heavy atom. The molecule has 1 unspecified atom stereocenters. The number of halogens is 1. The lowest BCUT2D eigenvalue weighted by atomic mass is 10.1. The van der Waals surface area contributed by atoms with Gasteiger partial charge in [-0.25, -0.2) is 0 Å². The maximum atomic E-state index is 11.6. The molecule has 0 radical (unpaired) electrons. The van der Waals surface area contributed by atoms with Crippen molar-refractivity contribution < 1.29 is 9.53 Å². The van der Waals surface area contributed by atoms with Gasteiger partial charge in [-0.1, -0.05) is 17.7 Å². The molecule has 1 aliphatic rings. The Morgan fingerprint density at radius 3 is 3.05 bits per heavy atom. The molecule has 1 fully saturated rings. The van der Waals surface area contributed by atoms with Crippen LogP contribution in [0.15, 0.2) is 18.2 Å². The number of hydrogen-bond acceptors (Lipinski definition) is 3. The normalized spacial score (nSPS) is 18.5. The highest BCUT2D eigenvalue weighted by molar-refractivity contribution is 6.32. The topological polar surface area (TPSA) is 53.3 Å². The minimum Gasteiger partial charge on any atom is -0.490 e. The minimum atomic E-state index is -0.185. The van der Waals surface area contributed by atoms with Crippen LogP contribution in [-0.4, -0.2) is 30.5 Å². The molecule has 4 nitrogen and oxygen atoms in total. The largest absolute Gasteiger partial charge is 0.490 e. The summed E-state index contributed by atoms with van der Waals surface area (Å²) in [5.74, 6) is 0.464. The van der Waals surface area contributed by atoms with Crippen molar-refractivity contribution in [3.8, 4) is 11.8 Å². The van der Waals surface area contributed by atoms with E-state index in [2.05, 4.69) is 6.07 Å². The van der Waals surface area contributed by atoms with E-state index in [-0.39, 0.29) is 11.8 Å². The van der Waals surface area contributed by atoms with Crippen LogP contribution in [0.4, 0.5) is 0 Å². The second-order valence-corrected chi connectivity index (χ2v) is 5.06. The van der Waals surface area contributed by atoms with Gasteiger partial charge in [-0.05, 0) is 24.6 Å². The van der Waals surface area contributed by atoms with Gasteiger partial charge in [-0.15, -0.1) is 0 Å². The Morgan fingerprint density at radius 2 is 2.37 bits per heavy atom. The maximum Gasteiger partial charge on any atom is 0.224 e. The zero-order chi connectivity index (χ0) is 13.8. The van der Waals surface area contributed by atoms with Gasteiger partial charge in [-0.2, -0.15) is 5.26 Å². The fourth-order valence-corrected chi connectivity index (χ4v) is 2.23. The molecular formula is C14H15ClN2O2. The van der Waals surface area contributed by atoms with Gasteiger partial charge in [0.15, 0.2) is 0 Å². The summed E-state index contributed by atoms with van der Waals surface area (Å²) in [6.07, 6.45) is 0.321. The van der Waals surface area contributed by atoms with Crippen LogP contribution in [0.5, 0.6) is 5.75 Å². The number of benzene rings is 1. The van der Waals surface area contributed by atoms with Crippen molar-refractivity contribution >= 4 is 17.5 Å². The summed E-state index contributed by atoms with van der Waals surface area (Å²) >= 11 is 6.02. The van der Waals surface area contributed by atoms with Crippen LogP contribution in [0.1, 0.15) is 12.0 Å². The number of rotatable bonds is 4. The van der Waals surface area contributed by atoms with E-state index in [1.807, 2.05) is 19.1 Å². The van der Waals surface area contributed by atoms with Crippen LogP contribution < -0.4 is 4.74 Å². The number of carbonyl (C=O) groups is 1. The first kappa shape index (κ1) is 13.7. The Labute approximate surface area is 117 Å². The van der Waals surface area contributed by atoms with Crippen molar-refractivity contribution in [3.63, 3.8) is 0 Å². The molecule has 1 heterocycles. The molecule has 1 saturated heterocycles. The molecule has 0 aromatic heterocycles. The van der Waals surface area contributed by atoms with E-state index in [0.29, 0.717) is 36.9 Å². The third kappa shape index (κ3) is 3.39. The smallest absolute Gasteiger partial charge is 0.224 e. The highest BCUT2D eigenvalue weighted by Crippen LogP contribution is 2.25. The standard InChI is InChI=1S/C14H15ClN2O2/c1-10-2-3-12(15)13(6-10)19-5-4-17-9-11(8-16)7-14(17)18/h2-3,6,11H,4-5,7,9H2,1H3. The predicted molar refractivity (Wildman–Crippen MR) is 72.0 cm³/mol. The summed E-state index contributed by atoms with van der Waals surface area (Å²) in [5, 5.41) is 9.36. The van der Waals surface area contributed by atoms with Gasteiger partial charge in [-0.3, -0.25) is 4.79 Å². The highest BCUT2D eigenvalue weighted by atomic mass is 35.5. The molecule has 0 aliphatic carbocycles. The minimum absolute atomic E-state index is 0.0190. The van der Waals surface area contributed by atoms with Crippen molar-refractivity contribution in [2.75, 3.05) is 19.7 Å². The Hall–Kier alpha value is -1.73. The first-order valence-corrected chi connectivity index (χ1v) is 6.54. The molecule has 0 bridgehead atoms. The van der Waals surface area contributed by atoms with E-state index >= 15 is 0 Å². The lowest BCUT2D eigenvalue weighted by Crippen LogP contribution is -2.29. The van der Waals surface area contributed by atoms with E-state index in [0.717, 1.165) is 5.56 Å². The first-order chi connectivity index (χ1) is 9.10. The molecule has 2 rings (SSSR count). The van der Waals surface area contributed by atoms with Gasteiger partial charge in [0.25, 0.3) is 0 Å². The average Bonchev–Trinajstić information content (AvgIpc) is 2.75.